The Morgan fingerprint density at radius 3 is 2.90 bits per heavy atom. The van der Waals surface area contributed by atoms with Crippen LogP contribution in [0.3, 0.4) is 0 Å². The van der Waals surface area contributed by atoms with Gasteiger partial charge in [-0.2, -0.15) is 5.26 Å². The second-order valence-corrected chi connectivity index (χ2v) is 4.27. The van der Waals surface area contributed by atoms with Crippen molar-refractivity contribution in [1.29, 1.82) is 5.26 Å². The van der Waals surface area contributed by atoms with Crippen molar-refractivity contribution in [2.24, 2.45) is 5.92 Å². The number of pyridine rings is 1. The standard InChI is InChI=1S/C12H10N4O4/c13-5-8-4-10(16(19)20)6-14-11(8)15-9-2-1-7(3-9)12(17)18/h1-2,4,6-7,9H,3H2,(H,14,15)(H,17,18). The molecule has 1 aromatic rings. The summed E-state index contributed by atoms with van der Waals surface area (Å²) in [4.78, 5) is 24.6. The number of nitriles is 1. The average Bonchev–Trinajstić information content (AvgIpc) is 2.87. The lowest BCUT2D eigenvalue weighted by molar-refractivity contribution is -0.385. The smallest absolute Gasteiger partial charge is 0.310 e. The molecule has 0 spiro atoms. The van der Waals surface area contributed by atoms with Crippen molar-refractivity contribution in [2.45, 2.75) is 12.5 Å². The first-order chi connectivity index (χ1) is 9.51. The summed E-state index contributed by atoms with van der Waals surface area (Å²) in [5.74, 6) is -1.28. The lowest BCUT2D eigenvalue weighted by atomic mass is 10.1. The number of hydrogen-bond donors (Lipinski definition) is 2. The topological polar surface area (TPSA) is 129 Å². The zero-order valence-electron chi connectivity index (χ0n) is 10.2. The third-order valence-corrected chi connectivity index (χ3v) is 2.93. The number of anilines is 1. The molecular weight excluding hydrogens is 264 g/mol. The average molecular weight is 274 g/mol. The van der Waals surface area contributed by atoms with Crippen molar-refractivity contribution in [1.82, 2.24) is 4.98 Å². The summed E-state index contributed by atoms with van der Waals surface area (Å²) >= 11 is 0. The van der Waals surface area contributed by atoms with Crippen LogP contribution in [0.5, 0.6) is 0 Å². The normalized spacial score (nSPS) is 20.4. The van der Waals surface area contributed by atoms with Crippen LogP contribution in [0.15, 0.2) is 24.4 Å². The fourth-order valence-corrected chi connectivity index (χ4v) is 1.92. The molecule has 2 rings (SSSR count). The fraction of sp³-hybridized carbons (Fsp3) is 0.250. The van der Waals surface area contributed by atoms with Crippen LogP contribution in [-0.4, -0.2) is 27.0 Å². The van der Waals surface area contributed by atoms with E-state index >= 15 is 0 Å². The molecule has 0 bridgehead atoms. The molecule has 0 saturated heterocycles. The number of nitro groups is 1. The van der Waals surface area contributed by atoms with Gasteiger partial charge in [0.1, 0.15) is 23.6 Å². The Kier molecular flexibility index (Phi) is 3.61. The number of aromatic nitrogens is 1. The second kappa shape index (κ2) is 5.36. The van der Waals surface area contributed by atoms with E-state index in [4.69, 9.17) is 10.4 Å². The van der Waals surface area contributed by atoms with Gasteiger partial charge in [-0.25, -0.2) is 4.98 Å². The molecule has 8 heteroatoms. The van der Waals surface area contributed by atoms with E-state index in [2.05, 4.69) is 10.3 Å². The molecule has 8 nitrogen and oxygen atoms in total. The molecule has 2 unspecified atom stereocenters. The van der Waals surface area contributed by atoms with Crippen molar-refractivity contribution in [2.75, 3.05) is 5.32 Å². The highest BCUT2D eigenvalue weighted by atomic mass is 16.6. The van der Waals surface area contributed by atoms with Crippen LogP contribution < -0.4 is 5.32 Å². The van der Waals surface area contributed by atoms with E-state index in [1.54, 1.807) is 12.2 Å². The maximum absolute atomic E-state index is 10.8. The van der Waals surface area contributed by atoms with Crippen molar-refractivity contribution in [3.05, 3.63) is 40.1 Å². The summed E-state index contributed by atoms with van der Waals surface area (Å²) in [6, 6.07) is 2.69. The summed E-state index contributed by atoms with van der Waals surface area (Å²) in [6.07, 6.45) is 4.65. The quantitative estimate of drug-likeness (QED) is 0.480. The molecule has 0 saturated carbocycles. The number of hydrogen-bond acceptors (Lipinski definition) is 6. The van der Waals surface area contributed by atoms with Crippen LogP contribution in [0.4, 0.5) is 11.5 Å². The van der Waals surface area contributed by atoms with E-state index in [1.807, 2.05) is 6.07 Å². The monoisotopic (exact) mass is 274 g/mol. The first-order valence-corrected chi connectivity index (χ1v) is 5.73. The Labute approximate surface area is 113 Å². The number of aliphatic carboxylic acids is 1. The van der Waals surface area contributed by atoms with Crippen LogP contribution in [0.25, 0.3) is 0 Å². The number of rotatable bonds is 4. The van der Waals surface area contributed by atoms with Gasteiger partial charge in [-0.05, 0) is 6.42 Å². The Morgan fingerprint density at radius 1 is 1.60 bits per heavy atom. The molecule has 1 aliphatic carbocycles. The molecule has 0 aliphatic heterocycles. The summed E-state index contributed by atoms with van der Waals surface area (Å²) in [6.45, 7) is 0. The molecule has 0 aromatic carbocycles. The number of carboxylic acids is 1. The summed E-state index contributed by atoms with van der Waals surface area (Å²) < 4.78 is 0. The Morgan fingerprint density at radius 2 is 2.35 bits per heavy atom. The number of nitrogens with one attached hydrogen (secondary N) is 1. The molecule has 20 heavy (non-hydrogen) atoms. The molecule has 0 radical (unpaired) electrons. The van der Waals surface area contributed by atoms with Crippen LogP contribution >= 0.6 is 0 Å². The summed E-state index contributed by atoms with van der Waals surface area (Å²) in [5.41, 5.74) is -0.219. The van der Waals surface area contributed by atoms with Crippen molar-refractivity contribution in [3.8, 4) is 6.07 Å². The van der Waals surface area contributed by atoms with Gasteiger partial charge in [0, 0.05) is 12.1 Å². The summed E-state index contributed by atoms with van der Waals surface area (Å²) in [5, 5.41) is 31.4. The lowest BCUT2D eigenvalue weighted by Crippen LogP contribution is -2.20. The molecule has 1 aliphatic rings. The van der Waals surface area contributed by atoms with Crippen LogP contribution in [-0.2, 0) is 4.79 Å². The SMILES string of the molecule is N#Cc1cc([N+](=O)[O-])cnc1NC1C=CC(C(=O)O)C1. The van der Waals surface area contributed by atoms with E-state index in [1.165, 1.54) is 0 Å². The van der Waals surface area contributed by atoms with Gasteiger partial charge in [-0.1, -0.05) is 12.2 Å². The van der Waals surface area contributed by atoms with Gasteiger partial charge in [-0.3, -0.25) is 14.9 Å². The molecule has 2 N–H and O–H groups in total. The van der Waals surface area contributed by atoms with E-state index in [0.29, 0.717) is 6.42 Å². The van der Waals surface area contributed by atoms with Crippen molar-refractivity contribution >= 4 is 17.5 Å². The number of nitrogens with zero attached hydrogens (tertiary/aromatic N) is 3. The minimum atomic E-state index is -0.914. The van der Waals surface area contributed by atoms with Gasteiger partial charge in [0.05, 0.1) is 10.8 Å². The summed E-state index contributed by atoms with van der Waals surface area (Å²) in [7, 11) is 0. The van der Waals surface area contributed by atoms with Gasteiger partial charge in [-0.15, -0.1) is 0 Å². The molecule has 0 amide bonds. The van der Waals surface area contributed by atoms with E-state index in [9.17, 15) is 14.9 Å². The molecule has 102 valence electrons. The molecule has 1 aromatic heterocycles. The van der Waals surface area contributed by atoms with E-state index < -0.39 is 16.8 Å². The van der Waals surface area contributed by atoms with Gasteiger partial charge >= 0.3 is 5.97 Å². The first-order valence-electron chi connectivity index (χ1n) is 5.73. The Bertz CT molecular complexity index is 635. The van der Waals surface area contributed by atoms with Crippen LogP contribution in [0.2, 0.25) is 0 Å². The number of carboxylic acid groups (broad SMARTS) is 1. The second-order valence-electron chi connectivity index (χ2n) is 4.27. The maximum atomic E-state index is 10.8. The minimum absolute atomic E-state index is 0.0476. The van der Waals surface area contributed by atoms with E-state index in [0.717, 1.165) is 12.3 Å². The largest absolute Gasteiger partial charge is 0.481 e. The maximum Gasteiger partial charge on any atom is 0.310 e. The Balaban J connectivity index is 2.15. The van der Waals surface area contributed by atoms with Crippen molar-refractivity contribution < 1.29 is 14.8 Å². The first kappa shape index (κ1) is 13.5. The molecule has 1 heterocycles. The van der Waals surface area contributed by atoms with Gasteiger partial charge in [0.25, 0.3) is 5.69 Å². The fourth-order valence-electron chi connectivity index (χ4n) is 1.92. The minimum Gasteiger partial charge on any atom is -0.481 e. The van der Waals surface area contributed by atoms with Gasteiger partial charge in [0.2, 0.25) is 0 Å². The van der Waals surface area contributed by atoms with Gasteiger partial charge in [0.15, 0.2) is 0 Å². The predicted octanol–water partition coefficient (Wildman–Crippen LogP) is 1.30. The third-order valence-electron chi connectivity index (χ3n) is 2.93. The highest BCUT2D eigenvalue weighted by Gasteiger charge is 2.25. The highest BCUT2D eigenvalue weighted by Crippen LogP contribution is 2.24. The molecule has 2 atom stereocenters. The zero-order chi connectivity index (χ0) is 14.7. The lowest BCUT2D eigenvalue weighted by Gasteiger charge is -2.13. The molecule has 0 fully saturated rings. The van der Waals surface area contributed by atoms with Crippen LogP contribution in [0, 0.1) is 27.4 Å². The van der Waals surface area contributed by atoms with Gasteiger partial charge < -0.3 is 10.4 Å². The highest BCUT2D eigenvalue weighted by molar-refractivity contribution is 5.73. The molecular formula is C12H10N4O4. The zero-order valence-corrected chi connectivity index (χ0v) is 10.2. The Hall–Kier alpha value is -2.95. The predicted molar refractivity (Wildman–Crippen MR) is 67.9 cm³/mol. The van der Waals surface area contributed by atoms with Crippen molar-refractivity contribution in [3.63, 3.8) is 0 Å². The van der Waals surface area contributed by atoms with Crippen LogP contribution in [0.1, 0.15) is 12.0 Å². The number of carbonyl (C=O) groups is 1. The van der Waals surface area contributed by atoms with E-state index in [-0.39, 0.29) is 23.1 Å². The third kappa shape index (κ3) is 2.72.